The molecule has 5 nitrogen and oxygen atoms in total. The average molecular weight is 295 g/mol. The predicted molar refractivity (Wildman–Crippen MR) is 67.1 cm³/mol. The van der Waals surface area contributed by atoms with Crippen LogP contribution in [0.25, 0.3) is 0 Å². The molecule has 1 aliphatic rings. The summed E-state index contributed by atoms with van der Waals surface area (Å²) in [6, 6.07) is -0.671. The van der Waals surface area contributed by atoms with E-state index in [1.807, 2.05) is 24.1 Å². The Morgan fingerprint density at radius 3 is 2.25 bits per heavy atom. The van der Waals surface area contributed by atoms with Gasteiger partial charge in [0.05, 0.1) is 6.54 Å². The van der Waals surface area contributed by atoms with Gasteiger partial charge in [0.2, 0.25) is 5.91 Å². The van der Waals surface area contributed by atoms with Gasteiger partial charge in [0.25, 0.3) is 0 Å². The number of imide groups is 1. The zero-order chi connectivity index (χ0) is 15.3. The van der Waals surface area contributed by atoms with Gasteiger partial charge in [-0.3, -0.25) is 15.0 Å². The minimum Gasteiger partial charge on any atom is -0.329 e. The molecule has 20 heavy (non-hydrogen) atoms. The van der Waals surface area contributed by atoms with Crippen LogP contribution in [-0.4, -0.2) is 48.2 Å². The standard InChI is InChI=1S/C12H20F3N3O2/c1-8-4-3-5-9(2)18(8)6-10(19)17-11(20)16-7-12(13,14)15/h8-9H,3-7H2,1-2H3,(H2,16,17,19,20). The molecule has 0 radical (unpaired) electrons. The van der Waals surface area contributed by atoms with Gasteiger partial charge in [-0.15, -0.1) is 0 Å². The number of hydrogen-bond acceptors (Lipinski definition) is 3. The minimum atomic E-state index is -4.49. The number of nitrogens with one attached hydrogen (secondary N) is 2. The normalized spacial score (nSPS) is 24.2. The van der Waals surface area contributed by atoms with Crippen LogP contribution in [0.4, 0.5) is 18.0 Å². The molecule has 0 aromatic heterocycles. The van der Waals surface area contributed by atoms with Crippen LogP contribution in [0.5, 0.6) is 0 Å². The highest BCUT2D eigenvalue weighted by molar-refractivity contribution is 5.95. The van der Waals surface area contributed by atoms with Crippen molar-refractivity contribution in [1.82, 2.24) is 15.5 Å². The average Bonchev–Trinajstić information content (AvgIpc) is 2.31. The van der Waals surface area contributed by atoms with Crippen molar-refractivity contribution in [2.45, 2.75) is 51.4 Å². The van der Waals surface area contributed by atoms with Crippen LogP contribution < -0.4 is 10.6 Å². The molecule has 8 heteroatoms. The van der Waals surface area contributed by atoms with Gasteiger partial charge in [-0.1, -0.05) is 6.42 Å². The summed E-state index contributed by atoms with van der Waals surface area (Å²) < 4.78 is 35.7. The maximum absolute atomic E-state index is 11.9. The number of urea groups is 1. The Hall–Kier alpha value is -1.31. The van der Waals surface area contributed by atoms with Crippen molar-refractivity contribution in [3.8, 4) is 0 Å². The molecule has 1 fully saturated rings. The molecule has 0 aromatic carbocycles. The quantitative estimate of drug-likeness (QED) is 0.832. The van der Waals surface area contributed by atoms with E-state index in [-0.39, 0.29) is 18.6 Å². The molecule has 0 aliphatic carbocycles. The lowest BCUT2D eigenvalue weighted by Gasteiger charge is -2.38. The Morgan fingerprint density at radius 1 is 1.20 bits per heavy atom. The van der Waals surface area contributed by atoms with Gasteiger partial charge >= 0.3 is 12.2 Å². The number of carbonyl (C=O) groups excluding carboxylic acids is 2. The Kier molecular flexibility index (Phi) is 5.79. The molecular formula is C12H20F3N3O2. The maximum atomic E-state index is 11.9. The van der Waals surface area contributed by atoms with Crippen LogP contribution in [-0.2, 0) is 4.79 Å². The van der Waals surface area contributed by atoms with Crippen molar-refractivity contribution < 1.29 is 22.8 Å². The molecule has 3 amide bonds. The van der Waals surface area contributed by atoms with Crippen molar-refractivity contribution in [2.24, 2.45) is 0 Å². The van der Waals surface area contributed by atoms with Crippen molar-refractivity contribution in [3.05, 3.63) is 0 Å². The third kappa shape index (κ3) is 5.77. The lowest BCUT2D eigenvalue weighted by molar-refractivity contribution is -0.125. The summed E-state index contributed by atoms with van der Waals surface area (Å²) >= 11 is 0. The van der Waals surface area contributed by atoms with Crippen molar-refractivity contribution in [1.29, 1.82) is 0 Å². The highest BCUT2D eigenvalue weighted by Crippen LogP contribution is 2.21. The third-order valence-electron chi connectivity index (χ3n) is 3.40. The van der Waals surface area contributed by atoms with Crippen LogP contribution in [0.2, 0.25) is 0 Å². The van der Waals surface area contributed by atoms with E-state index in [2.05, 4.69) is 0 Å². The Bertz CT molecular complexity index is 350. The smallest absolute Gasteiger partial charge is 0.329 e. The Balaban J connectivity index is 2.37. The number of nitrogens with zero attached hydrogens (tertiary/aromatic N) is 1. The first-order chi connectivity index (χ1) is 9.19. The fourth-order valence-corrected chi connectivity index (χ4v) is 2.34. The van der Waals surface area contributed by atoms with Gasteiger partial charge in [-0.05, 0) is 26.7 Å². The fraction of sp³-hybridized carbons (Fsp3) is 0.833. The van der Waals surface area contributed by atoms with E-state index in [0.29, 0.717) is 0 Å². The second-order valence-electron chi connectivity index (χ2n) is 5.15. The number of alkyl halides is 3. The zero-order valence-corrected chi connectivity index (χ0v) is 11.6. The second-order valence-corrected chi connectivity index (χ2v) is 5.15. The molecule has 1 rings (SSSR count). The number of carbonyl (C=O) groups is 2. The molecule has 2 unspecified atom stereocenters. The summed E-state index contributed by atoms with van der Waals surface area (Å²) in [5.41, 5.74) is 0. The highest BCUT2D eigenvalue weighted by Gasteiger charge is 2.29. The number of halogens is 3. The summed E-state index contributed by atoms with van der Waals surface area (Å²) in [5, 5.41) is 3.51. The van der Waals surface area contributed by atoms with Gasteiger partial charge in [-0.2, -0.15) is 13.2 Å². The zero-order valence-electron chi connectivity index (χ0n) is 11.6. The molecule has 2 atom stereocenters. The second kappa shape index (κ2) is 6.92. The molecule has 0 spiro atoms. The summed E-state index contributed by atoms with van der Waals surface area (Å²) in [5.74, 6) is -0.592. The number of hydrogen-bond donors (Lipinski definition) is 2. The van der Waals surface area contributed by atoms with E-state index in [4.69, 9.17) is 0 Å². The van der Waals surface area contributed by atoms with E-state index in [1.54, 1.807) is 5.32 Å². The minimum absolute atomic E-state index is 0.0156. The molecule has 0 bridgehead atoms. The first kappa shape index (κ1) is 16.7. The largest absolute Gasteiger partial charge is 0.405 e. The molecule has 1 aliphatic heterocycles. The van der Waals surface area contributed by atoms with Crippen LogP contribution in [0.3, 0.4) is 0 Å². The summed E-state index contributed by atoms with van der Waals surface area (Å²) in [7, 11) is 0. The summed E-state index contributed by atoms with van der Waals surface area (Å²) in [6.07, 6.45) is -1.46. The Morgan fingerprint density at radius 2 is 1.75 bits per heavy atom. The summed E-state index contributed by atoms with van der Waals surface area (Å²) in [6.45, 7) is 2.55. The van der Waals surface area contributed by atoms with Crippen molar-refractivity contribution in [3.63, 3.8) is 0 Å². The monoisotopic (exact) mass is 295 g/mol. The van der Waals surface area contributed by atoms with Crippen LogP contribution >= 0.6 is 0 Å². The van der Waals surface area contributed by atoms with E-state index in [0.717, 1.165) is 19.3 Å². The lowest BCUT2D eigenvalue weighted by Crippen LogP contribution is -2.51. The van der Waals surface area contributed by atoms with E-state index >= 15 is 0 Å². The molecule has 2 N–H and O–H groups in total. The SMILES string of the molecule is CC1CCCC(C)N1CC(=O)NC(=O)NCC(F)(F)F. The first-order valence-corrected chi connectivity index (χ1v) is 6.59. The number of piperidine rings is 1. The van der Waals surface area contributed by atoms with Crippen molar-refractivity contribution >= 4 is 11.9 Å². The van der Waals surface area contributed by atoms with Crippen molar-refractivity contribution in [2.75, 3.05) is 13.1 Å². The molecule has 0 aromatic rings. The van der Waals surface area contributed by atoms with Crippen LogP contribution in [0, 0.1) is 0 Å². The van der Waals surface area contributed by atoms with Gasteiger partial charge in [0, 0.05) is 12.1 Å². The topological polar surface area (TPSA) is 61.4 Å². The fourth-order valence-electron chi connectivity index (χ4n) is 2.34. The number of likely N-dealkylation sites (tertiary alicyclic amines) is 1. The maximum Gasteiger partial charge on any atom is 0.405 e. The summed E-state index contributed by atoms with van der Waals surface area (Å²) in [4.78, 5) is 24.7. The first-order valence-electron chi connectivity index (χ1n) is 6.59. The Labute approximate surface area is 115 Å². The molecule has 116 valence electrons. The lowest BCUT2D eigenvalue weighted by atomic mass is 9.97. The van der Waals surface area contributed by atoms with Gasteiger partial charge < -0.3 is 5.32 Å². The van der Waals surface area contributed by atoms with Gasteiger partial charge in [0.15, 0.2) is 0 Å². The van der Waals surface area contributed by atoms with E-state index < -0.39 is 24.7 Å². The number of amides is 3. The van der Waals surface area contributed by atoms with E-state index in [1.165, 1.54) is 0 Å². The predicted octanol–water partition coefficient (Wildman–Crippen LogP) is 1.64. The number of rotatable bonds is 3. The molecule has 0 saturated carbocycles. The molecular weight excluding hydrogens is 275 g/mol. The van der Waals surface area contributed by atoms with E-state index in [9.17, 15) is 22.8 Å². The molecule has 1 heterocycles. The third-order valence-corrected chi connectivity index (χ3v) is 3.40. The van der Waals surface area contributed by atoms with Crippen LogP contribution in [0.15, 0.2) is 0 Å². The van der Waals surface area contributed by atoms with Gasteiger partial charge in [-0.25, -0.2) is 4.79 Å². The molecule has 1 saturated heterocycles. The highest BCUT2D eigenvalue weighted by atomic mass is 19.4. The van der Waals surface area contributed by atoms with Crippen LogP contribution in [0.1, 0.15) is 33.1 Å². The van der Waals surface area contributed by atoms with Gasteiger partial charge in [0.1, 0.15) is 6.54 Å².